The number of carboxylic acid groups (broad SMARTS) is 1. The van der Waals surface area contributed by atoms with Crippen molar-refractivity contribution in [2.75, 3.05) is 6.54 Å². The SMILES string of the molecule is O=C(O)CCN1C(=O)S/C(=C\c2ccc(-c3ccc(Cl)c(Cl)c3)o2)C1=O. The van der Waals surface area contributed by atoms with E-state index < -0.39 is 17.1 Å². The van der Waals surface area contributed by atoms with Gasteiger partial charge in [-0.05, 0) is 42.1 Å². The fraction of sp³-hybridized carbons (Fsp3) is 0.118. The van der Waals surface area contributed by atoms with E-state index in [4.69, 9.17) is 32.7 Å². The number of imide groups is 1. The first-order valence-electron chi connectivity index (χ1n) is 7.37. The molecule has 0 radical (unpaired) electrons. The maximum Gasteiger partial charge on any atom is 0.305 e. The minimum absolute atomic E-state index is 0.163. The fourth-order valence-electron chi connectivity index (χ4n) is 2.26. The van der Waals surface area contributed by atoms with E-state index in [1.165, 1.54) is 6.08 Å². The molecule has 2 aromatic rings. The predicted octanol–water partition coefficient (Wildman–Crippen LogP) is 4.76. The molecule has 1 fully saturated rings. The third-order valence-corrected chi connectivity index (χ3v) is 5.17. The Morgan fingerprint density at radius 3 is 2.65 bits per heavy atom. The summed E-state index contributed by atoms with van der Waals surface area (Å²) in [4.78, 5) is 35.8. The maximum absolute atomic E-state index is 12.2. The molecule has 0 bridgehead atoms. The quantitative estimate of drug-likeness (QED) is 0.713. The van der Waals surface area contributed by atoms with Gasteiger partial charge in [-0.25, -0.2) is 0 Å². The number of aliphatic carboxylic acids is 1. The van der Waals surface area contributed by atoms with Crippen LogP contribution < -0.4 is 0 Å². The Kier molecular flexibility index (Phi) is 5.41. The molecule has 0 unspecified atom stereocenters. The summed E-state index contributed by atoms with van der Waals surface area (Å²) in [5.41, 5.74) is 0.716. The fourth-order valence-corrected chi connectivity index (χ4v) is 3.41. The molecule has 2 heterocycles. The predicted molar refractivity (Wildman–Crippen MR) is 99.1 cm³/mol. The van der Waals surface area contributed by atoms with E-state index in [1.54, 1.807) is 30.3 Å². The van der Waals surface area contributed by atoms with Crippen LogP contribution in [0.15, 0.2) is 39.7 Å². The first kappa shape index (κ1) is 18.6. The van der Waals surface area contributed by atoms with Crippen LogP contribution in [0.5, 0.6) is 0 Å². The lowest BCUT2D eigenvalue weighted by Crippen LogP contribution is -2.30. The van der Waals surface area contributed by atoms with Crippen molar-refractivity contribution >= 4 is 58.2 Å². The van der Waals surface area contributed by atoms with E-state index in [9.17, 15) is 14.4 Å². The van der Waals surface area contributed by atoms with Crippen molar-refractivity contribution < 1.29 is 23.9 Å². The number of amides is 2. The third kappa shape index (κ3) is 3.95. The number of thioether (sulfide) groups is 1. The second-order valence-corrected chi connectivity index (χ2v) is 7.12. The number of carboxylic acids is 1. The molecule has 0 aliphatic carbocycles. The normalized spacial score (nSPS) is 15.9. The molecular weight excluding hydrogens is 401 g/mol. The lowest BCUT2D eigenvalue weighted by Gasteiger charge is -2.09. The Morgan fingerprint density at radius 2 is 1.96 bits per heavy atom. The summed E-state index contributed by atoms with van der Waals surface area (Å²) in [5, 5.41) is 9.01. The highest BCUT2D eigenvalue weighted by molar-refractivity contribution is 8.18. The molecule has 1 aromatic heterocycles. The molecule has 6 nitrogen and oxygen atoms in total. The van der Waals surface area contributed by atoms with Crippen LogP contribution >= 0.6 is 35.0 Å². The molecule has 1 aliphatic heterocycles. The average Bonchev–Trinajstić information content (AvgIpc) is 3.14. The van der Waals surface area contributed by atoms with Crippen LogP contribution in [0.4, 0.5) is 4.79 Å². The zero-order chi connectivity index (χ0) is 18.8. The van der Waals surface area contributed by atoms with Gasteiger partial charge in [0.25, 0.3) is 11.1 Å². The molecule has 9 heteroatoms. The lowest BCUT2D eigenvalue weighted by atomic mass is 10.2. The van der Waals surface area contributed by atoms with Crippen molar-refractivity contribution in [3.05, 3.63) is 51.0 Å². The molecule has 3 rings (SSSR count). The van der Waals surface area contributed by atoms with Crippen molar-refractivity contribution in [3.63, 3.8) is 0 Å². The molecule has 26 heavy (non-hydrogen) atoms. The second kappa shape index (κ2) is 7.57. The number of carbonyl (C=O) groups excluding carboxylic acids is 2. The monoisotopic (exact) mass is 411 g/mol. The Bertz CT molecular complexity index is 937. The molecule has 0 saturated carbocycles. The largest absolute Gasteiger partial charge is 0.481 e. The summed E-state index contributed by atoms with van der Waals surface area (Å²) in [7, 11) is 0. The minimum atomic E-state index is -1.08. The number of hydrogen-bond donors (Lipinski definition) is 1. The van der Waals surface area contributed by atoms with Gasteiger partial charge in [-0.1, -0.05) is 23.2 Å². The van der Waals surface area contributed by atoms with Crippen molar-refractivity contribution in [1.29, 1.82) is 0 Å². The Balaban J connectivity index is 1.79. The molecular formula is C17H11Cl2NO5S. The number of nitrogens with zero attached hydrogens (tertiary/aromatic N) is 1. The van der Waals surface area contributed by atoms with Crippen molar-refractivity contribution in [3.8, 4) is 11.3 Å². The zero-order valence-electron chi connectivity index (χ0n) is 13.1. The van der Waals surface area contributed by atoms with Crippen molar-refractivity contribution in [2.45, 2.75) is 6.42 Å². The van der Waals surface area contributed by atoms with E-state index in [0.717, 1.165) is 16.7 Å². The summed E-state index contributed by atoms with van der Waals surface area (Å²) >= 11 is 12.6. The van der Waals surface area contributed by atoms with Gasteiger partial charge in [-0.15, -0.1) is 0 Å². The summed E-state index contributed by atoms with van der Waals surface area (Å²) in [6.45, 7) is -0.163. The maximum atomic E-state index is 12.2. The highest BCUT2D eigenvalue weighted by Crippen LogP contribution is 2.34. The van der Waals surface area contributed by atoms with Crippen LogP contribution in [0.25, 0.3) is 17.4 Å². The van der Waals surface area contributed by atoms with Gasteiger partial charge in [0.2, 0.25) is 0 Å². The number of halogens is 2. The van der Waals surface area contributed by atoms with E-state index >= 15 is 0 Å². The molecule has 1 aromatic carbocycles. The lowest BCUT2D eigenvalue weighted by molar-refractivity contribution is -0.137. The molecule has 2 amide bonds. The average molecular weight is 412 g/mol. The number of furan rings is 1. The summed E-state index contributed by atoms with van der Waals surface area (Å²) in [6.07, 6.45) is 1.15. The van der Waals surface area contributed by atoms with E-state index in [0.29, 0.717) is 27.1 Å². The minimum Gasteiger partial charge on any atom is -0.481 e. The Morgan fingerprint density at radius 1 is 1.19 bits per heavy atom. The van der Waals surface area contributed by atoms with Crippen LogP contribution in [0.2, 0.25) is 10.0 Å². The van der Waals surface area contributed by atoms with Gasteiger partial charge in [0.15, 0.2) is 0 Å². The zero-order valence-corrected chi connectivity index (χ0v) is 15.4. The van der Waals surface area contributed by atoms with Gasteiger partial charge in [0.05, 0.1) is 21.4 Å². The van der Waals surface area contributed by atoms with E-state index in [-0.39, 0.29) is 17.9 Å². The second-order valence-electron chi connectivity index (χ2n) is 5.31. The van der Waals surface area contributed by atoms with Gasteiger partial charge in [0, 0.05) is 18.2 Å². The summed E-state index contributed by atoms with van der Waals surface area (Å²) < 4.78 is 5.68. The van der Waals surface area contributed by atoms with Crippen molar-refractivity contribution in [1.82, 2.24) is 4.90 Å². The molecule has 0 atom stereocenters. The van der Waals surface area contributed by atoms with Crippen LogP contribution in [0.3, 0.4) is 0 Å². The van der Waals surface area contributed by atoms with Crippen LogP contribution in [0, 0.1) is 0 Å². The van der Waals surface area contributed by atoms with Crippen LogP contribution in [-0.2, 0) is 9.59 Å². The molecule has 1 aliphatic rings. The molecule has 1 N–H and O–H groups in total. The van der Waals surface area contributed by atoms with Gasteiger partial charge in [-0.2, -0.15) is 0 Å². The summed E-state index contributed by atoms with van der Waals surface area (Å²) in [5.74, 6) is -0.700. The number of hydrogen-bond acceptors (Lipinski definition) is 5. The standard InChI is InChI=1S/C17H11Cl2NO5S/c18-11-3-1-9(7-12(11)19)13-4-2-10(25-13)8-14-16(23)20(17(24)26-14)6-5-15(21)22/h1-4,7-8H,5-6H2,(H,21,22)/b14-8-. The van der Waals surface area contributed by atoms with E-state index in [2.05, 4.69) is 0 Å². The summed E-state index contributed by atoms with van der Waals surface area (Å²) in [6, 6.07) is 8.42. The smallest absolute Gasteiger partial charge is 0.305 e. The highest BCUT2D eigenvalue weighted by atomic mass is 35.5. The van der Waals surface area contributed by atoms with Gasteiger partial charge in [-0.3, -0.25) is 19.3 Å². The third-order valence-electron chi connectivity index (χ3n) is 3.53. The number of benzene rings is 1. The number of rotatable bonds is 5. The van der Waals surface area contributed by atoms with Gasteiger partial charge >= 0.3 is 5.97 Å². The molecule has 134 valence electrons. The molecule has 0 spiro atoms. The first-order chi connectivity index (χ1) is 12.3. The number of carbonyl (C=O) groups is 3. The van der Waals surface area contributed by atoms with Gasteiger partial charge in [0.1, 0.15) is 11.5 Å². The Labute approximate surface area is 162 Å². The van der Waals surface area contributed by atoms with E-state index in [1.807, 2.05) is 0 Å². The van der Waals surface area contributed by atoms with Gasteiger partial charge < -0.3 is 9.52 Å². The molecule has 1 saturated heterocycles. The van der Waals surface area contributed by atoms with Crippen molar-refractivity contribution in [2.24, 2.45) is 0 Å². The topological polar surface area (TPSA) is 87.8 Å². The van der Waals surface area contributed by atoms with Crippen LogP contribution in [0.1, 0.15) is 12.2 Å². The van der Waals surface area contributed by atoms with Crippen LogP contribution in [-0.4, -0.2) is 33.7 Å². The first-order valence-corrected chi connectivity index (χ1v) is 8.95. The highest BCUT2D eigenvalue weighted by Gasteiger charge is 2.35. The Hall–Kier alpha value is -2.22.